The number of rotatable bonds is 9. The molecule has 1 amide bonds. The maximum atomic E-state index is 13.2. The molecule has 1 aliphatic heterocycles. The Morgan fingerprint density at radius 2 is 1.61 bits per heavy atom. The predicted molar refractivity (Wildman–Crippen MR) is 153 cm³/mol. The van der Waals surface area contributed by atoms with Gasteiger partial charge < -0.3 is 14.7 Å². The monoisotopic (exact) mass is 515 g/mol. The van der Waals surface area contributed by atoms with Crippen LogP contribution in [0.4, 0.5) is 0 Å². The van der Waals surface area contributed by atoms with Crippen molar-refractivity contribution in [3.8, 4) is 11.5 Å². The summed E-state index contributed by atoms with van der Waals surface area (Å²) in [4.78, 5) is 20.2. The molecule has 0 saturated carbocycles. The molecule has 1 N–H and O–H groups in total. The Balaban J connectivity index is 1.67. The third-order valence-electron chi connectivity index (χ3n) is 7.73. The summed E-state index contributed by atoms with van der Waals surface area (Å²) in [5.41, 5.74) is 4.19. The molecule has 1 aliphatic rings. The Morgan fingerprint density at radius 3 is 2.26 bits per heavy atom. The summed E-state index contributed by atoms with van der Waals surface area (Å²) >= 11 is 0. The highest BCUT2D eigenvalue weighted by atomic mass is 16.5. The average Bonchev–Trinajstić information content (AvgIpc) is 2.93. The molecule has 0 radical (unpaired) electrons. The fraction of sp³-hybridized carbons (Fsp3) is 0.406. The number of ether oxygens (including phenoxy) is 1. The van der Waals surface area contributed by atoms with Crippen molar-refractivity contribution in [1.29, 1.82) is 0 Å². The van der Waals surface area contributed by atoms with Crippen molar-refractivity contribution in [1.82, 2.24) is 14.7 Å². The molecule has 38 heavy (non-hydrogen) atoms. The molecule has 1 unspecified atom stereocenters. The number of phenols is 1. The van der Waals surface area contributed by atoms with Crippen LogP contribution in [0.3, 0.4) is 0 Å². The number of phenolic OH excluding ortho intramolecular Hbond substituents is 1. The minimum Gasteiger partial charge on any atom is -0.508 e. The van der Waals surface area contributed by atoms with Crippen molar-refractivity contribution >= 4 is 5.91 Å². The summed E-state index contributed by atoms with van der Waals surface area (Å²) in [7, 11) is 1.70. The molecule has 202 valence electrons. The molecule has 3 aromatic carbocycles. The summed E-state index contributed by atoms with van der Waals surface area (Å²) in [6.07, 6.45) is 0. The quantitative estimate of drug-likeness (QED) is 0.404. The largest absolute Gasteiger partial charge is 0.508 e. The molecular weight excluding hydrogens is 474 g/mol. The predicted octanol–water partition coefficient (Wildman–Crippen LogP) is 5.57. The van der Waals surface area contributed by atoms with Crippen molar-refractivity contribution < 1.29 is 14.6 Å². The molecular formula is C32H41N3O3. The molecule has 1 fully saturated rings. The fourth-order valence-electron chi connectivity index (χ4n) is 5.56. The van der Waals surface area contributed by atoms with Crippen molar-refractivity contribution in [2.45, 2.75) is 52.4 Å². The summed E-state index contributed by atoms with van der Waals surface area (Å²) in [6.45, 7) is 12.6. The van der Waals surface area contributed by atoms with Crippen LogP contribution in [-0.2, 0) is 6.54 Å². The first-order chi connectivity index (χ1) is 18.3. The van der Waals surface area contributed by atoms with Crippen LogP contribution in [0.1, 0.15) is 60.8 Å². The minimum atomic E-state index is -0.0113. The number of carbonyl (C=O) groups excluding carboxylic acids is 1. The maximum Gasteiger partial charge on any atom is 0.253 e. The maximum absolute atomic E-state index is 13.2. The average molecular weight is 516 g/mol. The SMILES string of the molecule is CCN(CC)C(=O)c1cccc(C(c2cccc(OC)c2)N2C[C@@H](C)N(Cc3ccc(O)cc3)C[C@H]2C)c1. The van der Waals surface area contributed by atoms with Crippen LogP contribution in [0, 0.1) is 0 Å². The van der Waals surface area contributed by atoms with Gasteiger partial charge in [-0.05, 0) is 80.8 Å². The van der Waals surface area contributed by atoms with E-state index in [1.165, 1.54) is 5.56 Å². The molecule has 0 bridgehead atoms. The third kappa shape index (κ3) is 6.20. The zero-order chi connectivity index (χ0) is 27.2. The molecule has 3 aromatic rings. The van der Waals surface area contributed by atoms with E-state index in [0.717, 1.165) is 42.1 Å². The van der Waals surface area contributed by atoms with Gasteiger partial charge in [0.15, 0.2) is 0 Å². The van der Waals surface area contributed by atoms with E-state index in [0.29, 0.717) is 24.9 Å². The van der Waals surface area contributed by atoms with Crippen molar-refractivity contribution in [2.24, 2.45) is 0 Å². The lowest BCUT2D eigenvalue weighted by Crippen LogP contribution is -2.56. The number of carbonyl (C=O) groups is 1. The second-order valence-electron chi connectivity index (χ2n) is 10.3. The van der Waals surface area contributed by atoms with E-state index in [4.69, 9.17) is 4.74 Å². The van der Waals surface area contributed by atoms with E-state index in [1.54, 1.807) is 19.2 Å². The van der Waals surface area contributed by atoms with E-state index >= 15 is 0 Å². The summed E-state index contributed by atoms with van der Waals surface area (Å²) < 4.78 is 5.59. The smallest absolute Gasteiger partial charge is 0.253 e. The van der Waals surface area contributed by atoms with Crippen molar-refractivity contribution in [3.05, 3.63) is 95.1 Å². The van der Waals surface area contributed by atoms with Crippen LogP contribution in [0.5, 0.6) is 11.5 Å². The Kier molecular flexibility index (Phi) is 9.08. The summed E-state index contributed by atoms with van der Waals surface area (Å²) in [5, 5.41) is 9.67. The van der Waals surface area contributed by atoms with E-state index < -0.39 is 0 Å². The Bertz CT molecular complexity index is 1210. The van der Waals surface area contributed by atoms with Crippen LogP contribution in [-0.4, -0.2) is 71.1 Å². The van der Waals surface area contributed by atoms with Gasteiger partial charge in [-0.3, -0.25) is 14.6 Å². The minimum absolute atomic E-state index is 0.0113. The van der Waals surface area contributed by atoms with Crippen LogP contribution < -0.4 is 4.74 Å². The number of nitrogens with zero attached hydrogens (tertiary/aromatic N) is 3. The standard InChI is InChI=1S/C32H41N3O3/c1-6-33(7-2)32(37)28-12-8-10-26(18-28)31(27-11-9-13-30(19-27)38-5)35-21-23(3)34(20-24(35)4)22-25-14-16-29(36)17-15-25/h8-19,23-24,31,36H,6-7,20-22H2,1-5H3/t23-,24-,31?/m1/s1. The lowest BCUT2D eigenvalue weighted by atomic mass is 9.92. The first-order valence-electron chi connectivity index (χ1n) is 13.6. The zero-order valence-corrected chi connectivity index (χ0v) is 23.3. The molecule has 0 aliphatic carbocycles. The molecule has 1 heterocycles. The molecule has 1 saturated heterocycles. The molecule has 6 nitrogen and oxygen atoms in total. The van der Waals surface area contributed by atoms with Gasteiger partial charge in [-0.25, -0.2) is 0 Å². The van der Waals surface area contributed by atoms with Crippen LogP contribution >= 0.6 is 0 Å². The van der Waals surface area contributed by atoms with Crippen molar-refractivity contribution in [3.63, 3.8) is 0 Å². The molecule has 6 heteroatoms. The molecule has 3 atom stereocenters. The van der Waals surface area contributed by atoms with Gasteiger partial charge in [0.25, 0.3) is 5.91 Å². The Morgan fingerprint density at radius 1 is 0.947 bits per heavy atom. The van der Waals surface area contributed by atoms with E-state index in [1.807, 2.05) is 55.1 Å². The van der Waals surface area contributed by atoms with Gasteiger partial charge in [-0.2, -0.15) is 0 Å². The number of hydrogen-bond acceptors (Lipinski definition) is 5. The van der Waals surface area contributed by atoms with E-state index in [-0.39, 0.29) is 18.0 Å². The van der Waals surface area contributed by atoms with Gasteiger partial charge >= 0.3 is 0 Å². The van der Waals surface area contributed by atoms with Crippen LogP contribution in [0.15, 0.2) is 72.8 Å². The molecule has 0 spiro atoms. The van der Waals surface area contributed by atoms with Gasteiger partial charge in [0, 0.05) is 50.4 Å². The van der Waals surface area contributed by atoms with E-state index in [2.05, 4.69) is 47.9 Å². The summed E-state index contributed by atoms with van der Waals surface area (Å²) in [6, 6.07) is 24.5. The number of hydrogen-bond donors (Lipinski definition) is 1. The molecule has 0 aromatic heterocycles. The first kappa shape index (κ1) is 27.7. The van der Waals surface area contributed by atoms with Crippen molar-refractivity contribution in [2.75, 3.05) is 33.3 Å². The normalized spacial score (nSPS) is 19.2. The number of aromatic hydroxyl groups is 1. The number of benzene rings is 3. The highest BCUT2D eigenvalue weighted by Gasteiger charge is 2.35. The van der Waals surface area contributed by atoms with E-state index in [9.17, 15) is 9.90 Å². The van der Waals surface area contributed by atoms with Gasteiger partial charge in [0.05, 0.1) is 13.2 Å². The topological polar surface area (TPSA) is 56.2 Å². The second kappa shape index (κ2) is 12.5. The van der Waals surface area contributed by atoms with Gasteiger partial charge in [-0.1, -0.05) is 36.4 Å². The van der Waals surface area contributed by atoms with Crippen LogP contribution in [0.2, 0.25) is 0 Å². The highest BCUT2D eigenvalue weighted by molar-refractivity contribution is 5.94. The molecule has 4 rings (SSSR count). The van der Waals surface area contributed by atoms with Gasteiger partial charge in [0.2, 0.25) is 0 Å². The lowest BCUT2D eigenvalue weighted by molar-refractivity contribution is 0.0195. The number of piperazine rings is 1. The zero-order valence-electron chi connectivity index (χ0n) is 23.3. The number of amides is 1. The Labute approximate surface area is 227 Å². The van der Waals surface area contributed by atoms with Gasteiger partial charge in [0.1, 0.15) is 11.5 Å². The van der Waals surface area contributed by atoms with Crippen LogP contribution in [0.25, 0.3) is 0 Å². The fourth-order valence-corrected chi connectivity index (χ4v) is 5.56. The van der Waals surface area contributed by atoms with Gasteiger partial charge in [-0.15, -0.1) is 0 Å². The summed E-state index contributed by atoms with van der Waals surface area (Å²) in [5.74, 6) is 1.19. The highest BCUT2D eigenvalue weighted by Crippen LogP contribution is 2.35. The first-order valence-corrected chi connectivity index (χ1v) is 13.6. The second-order valence-corrected chi connectivity index (χ2v) is 10.3. The Hall–Kier alpha value is -3.35. The lowest BCUT2D eigenvalue weighted by Gasteiger charge is -2.47. The third-order valence-corrected chi connectivity index (χ3v) is 7.73. The number of methoxy groups -OCH3 is 1.